The van der Waals surface area contributed by atoms with Gasteiger partial charge in [0, 0.05) is 38.1 Å². The molecule has 9 heteroatoms. The largest absolute Gasteiger partial charge is 0.491 e. The second-order valence-electron chi connectivity index (χ2n) is 7.61. The first kappa shape index (κ1) is 22.1. The summed E-state index contributed by atoms with van der Waals surface area (Å²) in [5.41, 5.74) is 0.250. The van der Waals surface area contributed by atoms with E-state index < -0.39 is 10.5 Å². The van der Waals surface area contributed by atoms with Crippen LogP contribution >= 0.6 is 11.6 Å². The Labute approximate surface area is 170 Å². The van der Waals surface area contributed by atoms with Crippen LogP contribution in [0.2, 0.25) is 0 Å². The van der Waals surface area contributed by atoms with Crippen molar-refractivity contribution in [2.45, 2.75) is 39.2 Å². The van der Waals surface area contributed by atoms with Crippen LogP contribution in [0.4, 0.5) is 16.2 Å². The Kier molecular flexibility index (Phi) is 7.74. The highest BCUT2D eigenvalue weighted by molar-refractivity contribution is 6.17. The first-order valence-electron chi connectivity index (χ1n) is 9.41. The predicted octanol–water partition coefficient (Wildman–Crippen LogP) is 4.05. The molecule has 0 unspecified atom stereocenters. The Morgan fingerprint density at radius 3 is 2.46 bits per heavy atom. The van der Waals surface area contributed by atoms with E-state index in [1.165, 1.54) is 12.1 Å². The number of ether oxygens (including phenoxy) is 2. The maximum Gasteiger partial charge on any atom is 0.410 e. The third kappa shape index (κ3) is 6.44. The van der Waals surface area contributed by atoms with Crippen molar-refractivity contribution in [1.29, 1.82) is 0 Å². The highest BCUT2D eigenvalue weighted by atomic mass is 35.5. The molecule has 1 saturated heterocycles. The molecule has 1 aliphatic rings. The quantitative estimate of drug-likeness (QED) is 0.290. The lowest BCUT2D eigenvalue weighted by Gasteiger charge is -2.37. The van der Waals surface area contributed by atoms with Crippen LogP contribution in [0.3, 0.4) is 0 Å². The number of nitro groups is 1. The highest BCUT2D eigenvalue weighted by Crippen LogP contribution is 2.33. The van der Waals surface area contributed by atoms with Crippen LogP contribution < -0.4 is 9.64 Å². The standard InChI is InChI=1S/C19H28ClN3O5/c1-19(2,3)28-18(24)22-11-9-21(10-12-22)16-7-6-15(23(25)26)14-17(16)27-13-5-4-8-20/h6-7,14H,4-5,8-13H2,1-3H3. The molecule has 0 spiro atoms. The fourth-order valence-corrected chi connectivity index (χ4v) is 3.02. The van der Waals surface area contributed by atoms with Gasteiger partial charge in [-0.3, -0.25) is 10.1 Å². The molecule has 0 saturated carbocycles. The SMILES string of the molecule is CC(C)(C)OC(=O)N1CCN(c2ccc([N+](=O)[O-])cc2OCCCCCl)CC1. The van der Waals surface area contributed by atoms with Crippen LogP contribution in [0.1, 0.15) is 33.6 Å². The van der Waals surface area contributed by atoms with Gasteiger partial charge in [-0.15, -0.1) is 11.6 Å². The number of carbonyl (C=O) groups is 1. The summed E-state index contributed by atoms with van der Waals surface area (Å²) in [6, 6.07) is 4.63. The summed E-state index contributed by atoms with van der Waals surface area (Å²) in [7, 11) is 0. The first-order valence-corrected chi connectivity index (χ1v) is 9.95. The molecular weight excluding hydrogens is 386 g/mol. The minimum atomic E-state index is -0.531. The van der Waals surface area contributed by atoms with Crippen molar-refractivity contribution in [3.8, 4) is 5.75 Å². The lowest BCUT2D eigenvalue weighted by Crippen LogP contribution is -2.50. The van der Waals surface area contributed by atoms with Crippen molar-refractivity contribution in [3.05, 3.63) is 28.3 Å². The summed E-state index contributed by atoms with van der Waals surface area (Å²) in [6.07, 6.45) is 1.27. The maximum atomic E-state index is 12.2. The molecule has 1 fully saturated rings. The van der Waals surface area contributed by atoms with Crippen molar-refractivity contribution in [1.82, 2.24) is 4.90 Å². The summed E-state index contributed by atoms with van der Waals surface area (Å²) in [6.45, 7) is 8.17. The molecule has 156 valence electrons. The molecule has 1 aromatic carbocycles. The Bertz CT molecular complexity index is 685. The van der Waals surface area contributed by atoms with E-state index in [9.17, 15) is 14.9 Å². The molecule has 2 rings (SSSR count). The molecule has 8 nitrogen and oxygen atoms in total. The third-order valence-corrected chi connectivity index (χ3v) is 4.48. The molecule has 0 radical (unpaired) electrons. The minimum absolute atomic E-state index is 0.0107. The van der Waals surface area contributed by atoms with E-state index in [0.717, 1.165) is 18.5 Å². The molecule has 1 heterocycles. The smallest absolute Gasteiger partial charge is 0.410 e. The minimum Gasteiger partial charge on any atom is -0.491 e. The number of amides is 1. The molecular formula is C19H28ClN3O5. The van der Waals surface area contributed by atoms with Crippen LogP contribution in [-0.2, 0) is 4.74 Å². The van der Waals surface area contributed by atoms with Crippen LogP contribution in [0.15, 0.2) is 18.2 Å². The van der Waals surface area contributed by atoms with Gasteiger partial charge in [0.05, 0.1) is 23.3 Å². The van der Waals surface area contributed by atoms with Crippen LogP contribution in [0.5, 0.6) is 5.75 Å². The van der Waals surface area contributed by atoms with Crippen molar-refractivity contribution < 1.29 is 19.2 Å². The van der Waals surface area contributed by atoms with E-state index in [4.69, 9.17) is 21.1 Å². The first-order chi connectivity index (χ1) is 13.2. The zero-order valence-corrected chi connectivity index (χ0v) is 17.4. The number of nitrogens with zero attached hydrogens (tertiary/aromatic N) is 3. The van der Waals surface area contributed by atoms with Gasteiger partial charge in [-0.05, 0) is 39.7 Å². The van der Waals surface area contributed by atoms with Gasteiger partial charge in [-0.1, -0.05) is 0 Å². The average Bonchev–Trinajstić information content (AvgIpc) is 2.64. The summed E-state index contributed by atoms with van der Waals surface area (Å²) < 4.78 is 11.2. The zero-order valence-electron chi connectivity index (χ0n) is 16.6. The molecule has 1 amide bonds. The van der Waals surface area contributed by atoms with Crippen molar-refractivity contribution in [3.63, 3.8) is 0 Å². The number of hydrogen-bond donors (Lipinski definition) is 0. The lowest BCUT2D eigenvalue weighted by molar-refractivity contribution is -0.384. The van der Waals surface area contributed by atoms with E-state index in [1.54, 1.807) is 11.0 Å². The Morgan fingerprint density at radius 1 is 1.21 bits per heavy atom. The molecule has 0 N–H and O–H groups in total. The van der Waals surface area contributed by atoms with Gasteiger partial charge in [-0.25, -0.2) is 4.79 Å². The fourth-order valence-electron chi connectivity index (χ4n) is 2.83. The number of unbranched alkanes of at least 4 members (excludes halogenated alkanes) is 1. The Hall–Kier alpha value is -2.22. The molecule has 0 bridgehead atoms. The molecule has 28 heavy (non-hydrogen) atoms. The summed E-state index contributed by atoms with van der Waals surface area (Å²) in [5, 5.41) is 11.1. The second-order valence-corrected chi connectivity index (χ2v) is 7.99. The number of nitro benzene ring substituents is 1. The van der Waals surface area contributed by atoms with Gasteiger partial charge in [0.2, 0.25) is 0 Å². The molecule has 1 aliphatic heterocycles. The number of piperazine rings is 1. The Balaban J connectivity index is 2.06. The normalized spacial score (nSPS) is 14.7. The number of alkyl halides is 1. The van der Waals surface area contributed by atoms with Crippen molar-refractivity contribution >= 4 is 29.1 Å². The Morgan fingerprint density at radius 2 is 1.89 bits per heavy atom. The second kappa shape index (κ2) is 9.82. The number of hydrogen-bond acceptors (Lipinski definition) is 6. The maximum absolute atomic E-state index is 12.2. The average molecular weight is 414 g/mol. The van der Waals surface area contributed by atoms with Gasteiger partial charge in [0.15, 0.2) is 0 Å². The van der Waals surface area contributed by atoms with Crippen LogP contribution in [0, 0.1) is 10.1 Å². The fraction of sp³-hybridized carbons (Fsp3) is 0.632. The van der Waals surface area contributed by atoms with E-state index in [0.29, 0.717) is 44.4 Å². The van der Waals surface area contributed by atoms with Crippen LogP contribution in [-0.4, -0.2) is 60.2 Å². The molecule has 1 aromatic rings. The number of rotatable bonds is 7. The van der Waals surface area contributed by atoms with Gasteiger partial charge >= 0.3 is 6.09 Å². The monoisotopic (exact) mass is 413 g/mol. The highest BCUT2D eigenvalue weighted by Gasteiger charge is 2.27. The number of non-ortho nitro benzene ring substituents is 1. The van der Waals surface area contributed by atoms with Gasteiger partial charge in [0.1, 0.15) is 11.4 Å². The summed E-state index contributed by atoms with van der Waals surface area (Å²) in [5.74, 6) is 1.03. The summed E-state index contributed by atoms with van der Waals surface area (Å²) >= 11 is 5.69. The van der Waals surface area contributed by atoms with Crippen molar-refractivity contribution in [2.24, 2.45) is 0 Å². The summed E-state index contributed by atoms with van der Waals surface area (Å²) in [4.78, 5) is 26.6. The predicted molar refractivity (Wildman–Crippen MR) is 109 cm³/mol. The van der Waals surface area contributed by atoms with Gasteiger partial charge in [-0.2, -0.15) is 0 Å². The van der Waals surface area contributed by atoms with E-state index in [1.807, 2.05) is 20.8 Å². The molecule has 0 atom stereocenters. The van der Waals surface area contributed by atoms with Gasteiger partial charge in [0.25, 0.3) is 5.69 Å². The number of carbonyl (C=O) groups excluding carboxylic acids is 1. The third-order valence-electron chi connectivity index (χ3n) is 4.21. The number of halogens is 1. The van der Waals surface area contributed by atoms with E-state index in [2.05, 4.69) is 4.90 Å². The molecule has 0 aliphatic carbocycles. The van der Waals surface area contributed by atoms with Crippen molar-refractivity contribution in [2.75, 3.05) is 43.6 Å². The van der Waals surface area contributed by atoms with E-state index in [-0.39, 0.29) is 11.8 Å². The van der Waals surface area contributed by atoms with Gasteiger partial charge < -0.3 is 19.3 Å². The number of anilines is 1. The van der Waals surface area contributed by atoms with Crippen LogP contribution in [0.25, 0.3) is 0 Å². The van der Waals surface area contributed by atoms with E-state index >= 15 is 0 Å². The zero-order chi connectivity index (χ0) is 20.7. The molecule has 0 aromatic heterocycles. The topological polar surface area (TPSA) is 85.2 Å². The lowest BCUT2D eigenvalue weighted by atomic mass is 10.2. The number of benzene rings is 1.